The monoisotopic (exact) mass is 427 g/mol. The predicted octanol–water partition coefficient (Wildman–Crippen LogP) is 3.16. The highest BCUT2D eigenvalue weighted by atomic mass is 19.1. The van der Waals surface area contributed by atoms with Crippen LogP contribution in [0, 0.1) is 17.6 Å². The molecule has 31 heavy (non-hydrogen) atoms. The number of halogens is 2. The van der Waals surface area contributed by atoms with Crippen molar-refractivity contribution in [1.29, 1.82) is 0 Å². The van der Waals surface area contributed by atoms with Crippen LogP contribution < -0.4 is 0 Å². The van der Waals surface area contributed by atoms with Crippen LogP contribution in [-0.2, 0) is 11.3 Å². The number of hydrogen-bond acceptors (Lipinski definition) is 3. The average Bonchev–Trinajstić information content (AvgIpc) is 3.63. The maximum atomic E-state index is 13.4. The van der Waals surface area contributed by atoms with Gasteiger partial charge in [-0.2, -0.15) is 0 Å². The van der Waals surface area contributed by atoms with E-state index in [0.717, 1.165) is 24.9 Å². The van der Waals surface area contributed by atoms with Crippen LogP contribution in [0.2, 0.25) is 0 Å². The number of amides is 2. The zero-order valence-electron chi connectivity index (χ0n) is 17.5. The van der Waals surface area contributed by atoms with Gasteiger partial charge in [-0.15, -0.1) is 0 Å². The summed E-state index contributed by atoms with van der Waals surface area (Å²) >= 11 is 0. The van der Waals surface area contributed by atoms with Crippen molar-refractivity contribution < 1.29 is 18.4 Å². The number of piperazine rings is 1. The van der Waals surface area contributed by atoms with Gasteiger partial charge in [0.1, 0.15) is 11.6 Å². The molecular formula is C24H27F2N3O2. The van der Waals surface area contributed by atoms with Crippen LogP contribution in [-0.4, -0.2) is 65.8 Å². The Morgan fingerprint density at radius 2 is 1.65 bits per heavy atom. The summed E-state index contributed by atoms with van der Waals surface area (Å²) < 4.78 is 26.6. The number of carbonyl (C=O) groups excluding carboxylic acids is 2. The largest absolute Gasteiger partial charge is 0.337 e. The van der Waals surface area contributed by atoms with Gasteiger partial charge in [0.15, 0.2) is 0 Å². The van der Waals surface area contributed by atoms with Crippen molar-refractivity contribution in [2.24, 2.45) is 5.92 Å². The molecule has 2 amide bonds. The van der Waals surface area contributed by atoms with Gasteiger partial charge in [0.2, 0.25) is 5.91 Å². The predicted molar refractivity (Wildman–Crippen MR) is 113 cm³/mol. The van der Waals surface area contributed by atoms with E-state index >= 15 is 0 Å². The Labute approximate surface area is 181 Å². The van der Waals surface area contributed by atoms with Gasteiger partial charge < -0.3 is 9.80 Å². The first-order chi connectivity index (χ1) is 15.0. The van der Waals surface area contributed by atoms with Crippen LogP contribution in [0.5, 0.6) is 0 Å². The van der Waals surface area contributed by atoms with Crippen LogP contribution >= 0.6 is 0 Å². The summed E-state index contributed by atoms with van der Waals surface area (Å²) in [5, 5.41) is 0. The number of hydrogen-bond donors (Lipinski definition) is 0. The molecule has 1 aliphatic heterocycles. The summed E-state index contributed by atoms with van der Waals surface area (Å²) in [5.74, 6) is -0.549. The Morgan fingerprint density at radius 3 is 2.29 bits per heavy atom. The molecular weight excluding hydrogens is 400 g/mol. The molecule has 0 N–H and O–H groups in total. The third-order valence-electron chi connectivity index (χ3n) is 5.94. The molecule has 0 radical (unpaired) electrons. The number of carbonyl (C=O) groups is 2. The highest BCUT2D eigenvalue weighted by Crippen LogP contribution is 2.31. The number of nitrogens with zero attached hydrogens (tertiary/aromatic N) is 3. The minimum absolute atomic E-state index is 0.126. The number of benzene rings is 2. The Morgan fingerprint density at radius 1 is 0.935 bits per heavy atom. The van der Waals surface area contributed by atoms with Crippen molar-refractivity contribution in [3.05, 3.63) is 71.3 Å². The van der Waals surface area contributed by atoms with Crippen molar-refractivity contribution >= 4 is 11.8 Å². The minimum atomic E-state index is -0.411. The maximum absolute atomic E-state index is 13.4. The molecule has 7 heteroatoms. The van der Waals surface area contributed by atoms with Crippen LogP contribution in [0.3, 0.4) is 0 Å². The second kappa shape index (κ2) is 9.56. The van der Waals surface area contributed by atoms with Crippen molar-refractivity contribution in [2.75, 3.05) is 39.3 Å². The molecule has 2 fully saturated rings. The van der Waals surface area contributed by atoms with Crippen molar-refractivity contribution in [3.8, 4) is 0 Å². The molecule has 1 heterocycles. The second-order valence-corrected chi connectivity index (χ2v) is 8.30. The number of rotatable bonds is 7. The molecule has 4 rings (SSSR count). The fourth-order valence-electron chi connectivity index (χ4n) is 3.91. The van der Waals surface area contributed by atoms with E-state index in [-0.39, 0.29) is 23.5 Å². The molecule has 0 unspecified atom stereocenters. The highest BCUT2D eigenvalue weighted by molar-refractivity contribution is 5.94. The van der Waals surface area contributed by atoms with Gasteiger partial charge in [-0.1, -0.05) is 18.2 Å². The van der Waals surface area contributed by atoms with Crippen molar-refractivity contribution in [2.45, 2.75) is 19.4 Å². The lowest BCUT2D eigenvalue weighted by atomic mass is 10.1. The lowest BCUT2D eigenvalue weighted by Gasteiger charge is -2.36. The standard InChI is InChI=1S/C24H27F2N3O2/c25-21-8-4-18(5-9-21)17-29(23(30)19-6-7-19)15-12-27-10-13-28(14-11-27)24(31)20-2-1-3-22(26)16-20/h1-5,8-9,16,19H,6-7,10-15,17H2. The molecule has 0 aromatic heterocycles. The van der Waals surface area contributed by atoms with Gasteiger partial charge in [-0.25, -0.2) is 8.78 Å². The first-order valence-corrected chi connectivity index (χ1v) is 10.8. The average molecular weight is 427 g/mol. The zero-order valence-corrected chi connectivity index (χ0v) is 17.5. The third-order valence-corrected chi connectivity index (χ3v) is 5.94. The first-order valence-electron chi connectivity index (χ1n) is 10.8. The maximum Gasteiger partial charge on any atom is 0.254 e. The quantitative estimate of drug-likeness (QED) is 0.682. The van der Waals surface area contributed by atoms with E-state index in [9.17, 15) is 18.4 Å². The van der Waals surface area contributed by atoms with Gasteiger partial charge in [0, 0.05) is 57.3 Å². The fraction of sp³-hybridized carbons (Fsp3) is 0.417. The molecule has 164 valence electrons. The molecule has 2 aromatic carbocycles. The smallest absolute Gasteiger partial charge is 0.254 e. The molecule has 5 nitrogen and oxygen atoms in total. The van der Waals surface area contributed by atoms with Gasteiger partial charge >= 0.3 is 0 Å². The van der Waals surface area contributed by atoms with Crippen molar-refractivity contribution in [3.63, 3.8) is 0 Å². The molecule has 1 aliphatic carbocycles. The van der Waals surface area contributed by atoms with E-state index < -0.39 is 5.82 Å². The van der Waals surface area contributed by atoms with Crippen LogP contribution in [0.1, 0.15) is 28.8 Å². The molecule has 2 aromatic rings. The topological polar surface area (TPSA) is 43.9 Å². The fourth-order valence-corrected chi connectivity index (χ4v) is 3.91. The lowest BCUT2D eigenvalue weighted by Crippen LogP contribution is -2.50. The van der Waals surface area contributed by atoms with E-state index in [1.54, 1.807) is 29.2 Å². The summed E-state index contributed by atoms with van der Waals surface area (Å²) in [5.41, 5.74) is 1.29. The SMILES string of the molecule is O=C(c1cccc(F)c1)N1CCN(CCN(Cc2ccc(F)cc2)C(=O)C2CC2)CC1. The van der Waals surface area contributed by atoms with Gasteiger partial charge in [0.25, 0.3) is 5.91 Å². The van der Waals surface area contributed by atoms with Crippen LogP contribution in [0.4, 0.5) is 8.78 Å². The third kappa shape index (κ3) is 5.67. The molecule has 2 aliphatic rings. The van der Waals surface area contributed by atoms with Crippen LogP contribution in [0.25, 0.3) is 0 Å². The first kappa shape index (κ1) is 21.4. The second-order valence-electron chi connectivity index (χ2n) is 8.30. The van der Waals surface area contributed by atoms with Gasteiger partial charge in [-0.05, 0) is 48.7 Å². The van der Waals surface area contributed by atoms with Crippen LogP contribution in [0.15, 0.2) is 48.5 Å². The molecule has 0 spiro atoms. The summed E-state index contributed by atoms with van der Waals surface area (Å²) in [4.78, 5) is 31.2. The molecule has 0 bridgehead atoms. The highest BCUT2D eigenvalue weighted by Gasteiger charge is 2.33. The molecule has 1 saturated carbocycles. The summed E-state index contributed by atoms with van der Waals surface area (Å²) in [7, 11) is 0. The Bertz CT molecular complexity index is 923. The van der Waals surface area contributed by atoms with Gasteiger partial charge in [0.05, 0.1) is 0 Å². The van der Waals surface area contributed by atoms with E-state index in [0.29, 0.717) is 44.8 Å². The lowest BCUT2D eigenvalue weighted by molar-refractivity contribution is -0.133. The minimum Gasteiger partial charge on any atom is -0.337 e. The molecule has 0 atom stereocenters. The molecule has 1 saturated heterocycles. The van der Waals surface area contributed by atoms with E-state index in [1.807, 2.05) is 4.90 Å². The van der Waals surface area contributed by atoms with Crippen molar-refractivity contribution in [1.82, 2.24) is 14.7 Å². The van der Waals surface area contributed by atoms with E-state index in [4.69, 9.17) is 0 Å². The normalized spacial score (nSPS) is 16.9. The summed E-state index contributed by atoms with van der Waals surface area (Å²) in [6, 6.07) is 12.1. The zero-order chi connectivity index (χ0) is 21.8. The Balaban J connectivity index is 1.29. The van der Waals surface area contributed by atoms with E-state index in [2.05, 4.69) is 4.90 Å². The van der Waals surface area contributed by atoms with Gasteiger partial charge in [-0.3, -0.25) is 14.5 Å². The Kier molecular flexibility index (Phi) is 6.61. The summed E-state index contributed by atoms with van der Waals surface area (Å²) in [6.45, 7) is 4.37. The Hall–Kier alpha value is -2.80. The van der Waals surface area contributed by atoms with E-state index in [1.165, 1.54) is 24.3 Å². The summed E-state index contributed by atoms with van der Waals surface area (Å²) in [6.07, 6.45) is 1.89.